The summed E-state index contributed by atoms with van der Waals surface area (Å²) >= 11 is 0. The van der Waals surface area contributed by atoms with E-state index in [0.29, 0.717) is 13.0 Å². The van der Waals surface area contributed by atoms with Crippen molar-refractivity contribution in [3.8, 4) is 0 Å². The maximum Gasteiger partial charge on any atom is 0.326 e. The summed E-state index contributed by atoms with van der Waals surface area (Å²) in [5.74, 6) is -0.964. The molecule has 1 fully saturated rings. The predicted molar refractivity (Wildman–Crippen MR) is 41.6 cm³/mol. The van der Waals surface area contributed by atoms with E-state index in [1.165, 1.54) is 4.90 Å². The topological polar surface area (TPSA) is 83.6 Å². The first-order valence-corrected chi connectivity index (χ1v) is 3.92. The molecule has 0 radical (unpaired) electrons. The SMILES string of the molecule is NC(=O)N1CCCC[C@@H]1C(=O)O. The zero-order valence-electron chi connectivity index (χ0n) is 6.69. The first-order chi connectivity index (χ1) is 5.63. The smallest absolute Gasteiger partial charge is 0.326 e. The summed E-state index contributed by atoms with van der Waals surface area (Å²) in [5, 5.41) is 8.71. The number of piperidine rings is 1. The molecule has 2 amide bonds. The Morgan fingerprint density at radius 3 is 2.50 bits per heavy atom. The minimum atomic E-state index is -0.964. The van der Waals surface area contributed by atoms with Crippen LogP contribution in [0.15, 0.2) is 0 Å². The van der Waals surface area contributed by atoms with E-state index < -0.39 is 18.0 Å². The molecule has 0 saturated carbocycles. The number of urea groups is 1. The summed E-state index contributed by atoms with van der Waals surface area (Å²) in [6, 6.07) is -1.35. The van der Waals surface area contributed by atoms with Crippen LogP contribution in [-0.4, -0.2) is 34.6 Å². The Balaban J connectivity index is 2.67. The molecule has 12 heavy (non-hydrogen) atoms. The highest BCUT2D eigenvalue weighted by molar-refractivity contribution is 5.81. The van der Waals surface area contributed by atoms with Gasteiger partial charge in [-0.3, -0.25) is 0 Å². The van der Waals surface area contributed by atoms with Crippen LogP contribution in [0.3, 0.4) is 0 Å². The number of carboxylic acid groups (broad SMARTS) is 1. The monoisotopic (exact) mass is 172 g/mol. The van der Waals surface area contributed by atoms with Crippen molar-refractivity contribution < 1.29 is 14.7 Å². The van der Waals surface area contributed by atoms with E-state index in [1.54, 1.807) is 0 Å². The lowest BCUT2D eigenvalue weighted by atomic mass is 10.0. The van der Waals surface area contributed by atoms with Gasteiger partial charge in [0.05, 0.1) is 0 Å². The van der Waals surface area contributed by atoms with Gasteiger partial charge in [0.15, 0.2) is 0 Å². The molecule has 0 aromatic heterocycles. The van der Waals surface area contributed by atoms with Gasteiger partial charge < -0.3 is 15.7 Å². The number of nitrogens with zero attached hydrogens (tertiary/aromatic N) is 1. The van der Waals surface area contributed by atoms with E-state index in [1.807, 2.05) is 0 Å². The minimum Gasteiger partial charge on any atom is -0.480 e. The van der Waals surface area contributed by atoms with Crippen molar-refractivity contribution in [3.05, 3.63) is 0 Å². The molecule has 0 spiro atoms. The van der Waals surface area contributed by atoms with Crippen LogP contribution in [-0.2, 0) is 4.79 Å². The van der Waals surface area contributed by atoms with Crippen LogP contribution >= 0.6 is 0 Å². The molecule has 0 aromatic rings. The summed E-state index contributed by atoms with van der Waals surface area (Å²) in [5.41, 5.74) is 5.02. The minimum absolute atomic E-state index is 0.465. The third-order valence-corrected chi connectivity index (χ3v) is 2.07. The maximum atomic E-state index is 10.8. The molecule has 0 aliphatic carbocycles. The van der Waals surface area contributed by atoms with E-state index in [9.17, 15) is 9.59 Å². The Labute approximate surface area is 70.1 Å². The maximum absolute atomic E-state index is 10.8. The highest BCUT2D eigenvalue weighted by Gasteiger charge is 2.30. The Bertz CT molecular complexity index is 183. The second-order valence-electron chi connectivity index (χ2n) is 2.88. The average Bonchev–Trinajstić information content (AvgIpc) is 2.04. The van der Waals surface area contributed by atoms with Crippen LogP contribution in [0.5, 0.6) is 0 Å². The fourth-order valence-corrected chi connectivity index (χ4v) is 1.45. The van der Waals surface area contributed by atoms with Crippen LogP contribution in [0.4, 0.5) is 4.79 Å². The number of primary amides is 1. The standard InChI is InChI=1S/C7H12N2O3/c8-7(12)9-4-2-1-3-5(9)6(10)11/h5H,1-4H2,(H2,8,12)(H,10,11)/t5-/m1/s1. The Morgan fingerprint density at radius 2 is 2.08 bits per heavy atom. The number of carbonyl (C=O) groups is 2. The quantitative estimate of drug-likeness (QED) is 0.584. The number of carbonyl (C=O) groups excluding carboxylic acids is 1. The Kier molecular flexibility index (Phi) is 2.52. The van der Waals surface area contributed by atoms with Crippen molar-refractivity contribution in [2.24, 2.45) is 5.73 Å². The molecular formula is C7H12N2O3. The number of likely N-dealkylation sites (tertiary alicyclic amines) is 1. The summed E-state index contributed by atoms with van der Waals surface area (Å²) in [6.07, 6.45) is 2.20. The first-order valence-electron chi connectivity index (χ1n) is 3.92. The summed E-state index contributed by atoms with van der Waals surface area (Å²) in [4.78, 5) is 22.6. The van der Waals surface area contributed by atoms with Gasteiger partial charge in [-0.15, -0.1) is 0 Å². The zero-order valence-corrected chi connectivity index (χ0v) is 6.69. The Morgan fingerprint density at radius 1 is 1.42 bits per heavy atom. The van der Waals surface area contributed by atoms with Crippen molar-refractivity contribution in [1.29, 1.82) is 0 Å². The van der Waals surface area contributed by atoms with E-state index >= 15 is 0 Å². The van der Waals surface area contributed by atoms with Gasteiger partial charge in [0, 0.05) is 6.54 Å². The van der Waals surface area contributed by atoms with Crippen LogP contribution in [0.25, 0.3) is 0 Å². The molecule has 5 heteroatoms. The second kappa shape index (κ2) is 3.42. The molecule has 0 unspecified atom stereocenters. The van der Waals surface area contributed by atoms with E-state index in [4.69, 9.17) is 10.8 Å². The van der Waals surface area contributed by atoms with Gasteiger partial charge in [0.1, 0.15) is 6.04 Å². The fourth-order valence-electron chi connectivity index (χ4n) is 1.45. The second-order valence-corrected chi connectivity index (χ2v) is 2.88. The molecule has 1 atom stereocenters. The van der Waals surface area contributed by atoms with Crippen molar-refractivity contribution >= 4 is 12.0 Å². The molecule has 1 saturated heterocycles. The van der Waals surface area contributed by atoms with E-state index in [-0.39, 0.29) is 0 Å². The molecule has 1 aliphatic rings. The van der Waals surface area contributed by atoms with Crippen molar-refractivity contribution in [2.45, 2.75) is 25.3 Å². The van der Waals surface area contributed by atoms with Gasteiger partial charge in [-0.05, 0) is 19.3 Å². The lowest BCUT2D eigenvalue weighted by molar-refractivity contribution is -0.143. The highest BCUT2D eigenvalue weighted by Crippen LogP contribution is 2.16. The zero-order chi connectivity index (χ0) is 9.14. The van der Waals surface area contributed by atoms with Gasteiger partial charge in [0.2, 0.25) is 0 Å². The molecule has 5 nitrogen and oxygen atoms in total. The molecule has 0 aromatic carbocycles. The molecule has 1 rings (SSSR count). The normalized spacial score (nSPS) is 23.7. The predicted octanol–water partition coefficient (Wildman–Crippen LogP) is 0.00420. The number of hydrogen-bond donors (Lipinski definition) is 2. The molecular weight excluding hydrogens is 160 g/mol. The van der Waals surface area contributed by atoms with Crippen LogP contribution in [0.1, 0.15) is 19.3 Å². The van der Waals surface area contributed by atoms with Crippen LogP contribution in [0, 0.1) is 0 Å². The number of rotatable bonds is 1. The van der Waals surface area contributed by atoms with Gasteiger partial charge in [-0.25, -0.2) is 9.59 Å². The highest BCUT2D eigenvalue weighted by atomic mass is 16.4. The molecule has 1 aliphatic heterocycles. The first kappa shape index (κ1) is 8.83. The van der Waals surface area contributed by atoms with E-state index in [0.717, 1.165) is 12.8 Å². The number of aliphatic carboxylic acids is 1. The van der Waals surface area contributed by atoms with Gasteiger partial charge in [0.25, 0.3) is 0 Å². The third kappa shape index (κ3) is 1.66. The summed E-state index contributed by atoms with van der Waals surface area (Å²) in [6.45, 7) is 0.465. The fraction of sp³-hybridized carbons (Fsp3) is 0.714. The third-order valence-electron chi connectivity index (χ3n) is 2.07. The van der Waals surface area contributed by atoms with E-state index in [2.05, 4.69) is 0 Å². The molecule has 3 N–H and O–H groups in total. The lowest BCUT2D eigenvalue weighted by Gasteiger charge is -2.31. The van der Waals surface area contributed by atoms with Crippen molar-refractivity contribution in [1.82, 2.24) is 4.90 Å². The average molecular weight is 172 g/mol. The van der Waals surface area contributed by atoms with Gasteiger partial charge in [-0.2, -0.15) is 0 Å². The summed E-state index contributed by atoms with van der Waals surface area (Å²) in [7, 11) is 0. The van der Waals surface area contributed by atoms with Crippen molar-refractivity contribution in [2.75, 3.05) is 6.54 Å². The largest absolute Gasteiger partial charge is 0.480 e. The van der Waals surface area contributed by atoms with Gasteiger partial charge >= 0.3 is 12.0 Å². The van der Waals surface area contributed by atoms with Crippen molar-refractivity contribution in [3.63, 3.8) is 0 Å². The van der Waals surface area contributed by atoms with Gasteiger partial charge in [-0.1, -0.05) is 0 Å². The number of hydrogen-bond acceptors (Lipinski definition) is 2. The number of nitrogens with two attached hydrogens (primary N) is 1. The summed E-state index contributed by atoms with van der Waals surface area (Å²) < 4.78 is 0. The molecule has 68 valence electrons. The molecule has 0 bridgehead atoms. The van der Waals surface area contributed by atoms with Crippen LogP contribution in [0.2, 0.25) is 0 Å². The molecule has 1 heterocycles. The lowest BCUT2D eigenvalue weighted by Crippen LogP contribution is -2.50. The number of carboxylic acids is 1. The number of amides is 2. The van der Waals surface area contributed by atoms with Crippen LogP contribution < -0.4 is 5.73 Å². The Hall–Kier alpha value is -1.26.